The number of carbonyl (C=O) groups excluding carboxylic acids is 1. The minimum absolute atomic E-state index is 0.0273. The third-order valence-electron chi connectivity index (χ3n) is 2.39. The highest BCUT2D eigenvalue weighted by Crippen LogP contribution is 2.14. The van der Waals surface area contributed by atoms with Gasteiger partial charge in [0.1, 0.15) is 0 Å². The number of pyridine rings is 1. The summed E-state index contributed by atoms with van der Waals surface area (Å²) in [4.78, 5) is 15.2. The molecule has 0 spiro atoms. The first-order valence-electron chi connectivity index (χ1n) is 5.14. The number of nitrogens with zero attached hydrogens (tertiary/aromatic N) is 1. The second-order valence-electron chi connectivity index (χ2n) is 4.01. The van der Waals surface area contributed by atoms with Gasteiger partial charge in [-0.1, -0.05) is 13.8 Å². The van der Waals surface area contributed by atoms with Crippen molar-refractivity contribution >= 4 is 5.78 Å². The molecule has 3 nitrogen and oxygen atoms in total. The van der Waals surface area contributed by atoms with Crippen LogP contribution >= 0.6 is 0 Å². The summed E-state index contributed by atoms with van der Waals surface area (Å²) >= 11 is 0. The Kier molecular flexibility index (Phi) is 3.83. The number of hydrogen-bond donors (Lipinski definition) is 0. The molecule has 1 aromatic rings. The van der Waals surface area contributed by atoms with Gasteiger partial charge in [-0.15, -0.1) is 0 Å². The van der Waals surface area contributed by atoms with E-state index < -0.39 is 0 Å². The molecule has 0 aromatic carbocycles. The van der Waals surface area contributed by atoms with Gasteiger partial charge in [0.25, 0.3) is 0 Å². The summed E-state index contributed by atoms with van der Waals surface area (Å²) in [5.41, 5.74) is 0.635. The number of ether oxygens (including phenoxy) is 1. The molecule has 0 aliphatic carbocycles. The predicted octanol–water partition coefficient (Wildman–Crippen LogP) is 2.71. The molecule has 0 fully saturated rings. The number of Topliss-reactive ketones (excluding diaryl/α,β-unsaturated/α-hetero) is 1. The third kappa shape index (κ3) is 3.35. The van der Waals surface area contributed by atoms with Gasteiger partial charge in [0.2, 0.25) is 5.88 Å². The lowest BCUT2D eigenvalue weighted by molar-refractivity contribution is 0.101. The van der Waals surface area contributed by atoms with Crippen molar-refractivity contribution in [3.63, 3.8) is 0 Å². The maximum absolute atomic E-state index is 11.1. The minimum atomic E-state index is 0.0273. The summed E-state index contributed by atoms with van der Waals surface area (Å²) in [5.74, 6) is 0.969. The first kappa shape index (κ1) is 11.7. The molecule has 0 amide bonds. The van der Waals surface area contributed by atoms with Crippen LogP contribution in [0.2, 0.25) is 0 Å². The molecule has 82 valence electrons. The summed E-state index contributed by atoms with van der Waals surface area (Å²) in [6, 6.07) is 3.37. The molecule has 3 heteroatoms. The molecule has 1 unspecified atom stereocenters. The van der Waals surface area contributed by atoms with Crippen molar-refractivity contribution in [1.82, 2.24) is 4.98 Å². The second-order valence-corrected chi connectivity index (χ2v) is 4.01. The Morgan fingerprint density at radius 1 is 1.40 bits per heavy atom. The maximum atomic E-state index is 11.1. The van der Waals surface area contributed by atoms with Crippen LogP contribution in [0.25, 0.3) is 0 Å². The van der Waals surface area contributed by atoms with E-state index in [0.29, 0.717) is 17.4 Å². The van der Waals surface area contributed by atoms with Gasteiger partial charge in [-0.25, -0.2) is 4.98 Å². The van der Waals surface area contributed by atoms with E-state index in [1.807, 2.05) is 6.92 Å². The van der Waals surface area contributed by atoms with Crippen LogP contribution < -0.4 is 4.74 Å². The van der Waals surface area contributed by atoms with Crippen LogP contribution in [0.3, 0.4) is 0 Å². The summed E-state index contributed by atoms with van der Waals surface area (Å²) in [6.45, 7) is 7.69. The average Bonchev–Trinajstić information content (AvgIpc) is 2.18. The molecular weight excluding hydrogens is 190 g/mol. The molecule has 0 radical (unpaired) electrons. The monoisotopic (exact) mass is 207 g/mol. The topological polar surface area (TPSA) is 39.2 Å². The molecule has 1 aromatic heterocycles. The van der Waals surface area contributed by atoms with E-state index in [2.05, 4.69) is 18.8 Å². The van der Waals surface area contributed by atoms with Crippen LogP contribution in [-0.4, -0.2) is 16.9 Å². The highest BCUT2D eigenvalue weighted by Gasteiger charge is 2.10. The SMILES string of the molecule is CC(=O)c1ccnc(OC(C)C(C)C)c1. The molecule has 0 saturated heterocycles. The van der Waals surface area contributed by atoms with Crippen LogP contribution in [0.15, 0.2) is 18.3 Å². The molecule has 1 atom stereocenters. The Balaban J connectivity index is 2.78. The van der Waals surface area contributed by atoms with Crippen molar-refractivity contribution in [3.05, 3.63) is 23.9 Å². The lowest BCUT2D eigenvalue weighted by Crippen LogP contribution is -2.19. The Labute approximate surface area is 90.5 Å². The molecule has 0 aliphatic rings. The highest BCUT2D eigenvalue weighted by molar-refractivity contribution is 5.94. The molecule has 0 aliphatic heterocycles. The number of hydrogen-bond acceptors (Lipinski definition) is 3. The van der Waals surface area contributed by atoms with Gasteiger partial charge >= 0.3 is 0 Å². The van der Waals surface area contributed by atoms with E-state index in [1.54, 1.807) is 18.3 Å². The van der Waals surface area contributed by atoms with Gasteiger partial charge < -0.3 is 4.74 Å². The van der Waals surface area contributed by atoms with Crippen molar-refractivity contribution in [2.24, 2.45) is 5.92 Å². The summed E-state index contributed by atoms with van der Waals surface area (Å²) in [6.07, 6.45) is 1.69. The molecular formula is C12H17NO2. The van der Waals surface area contributed by atoms with E-state index >= 15 is 0 Å². The molecule has 1 rings (SSSR count). The highest BCUT2D eigenvalue weighted by atomic mass is 16.5. The number of carbonyl (C=O) groups is 1. The molecule has 0 bridgehead atoms. The van der Waals surface area contributed by atoms with E-state index in [4.69, 9.17) is 4.74 Å². The summed E-state index contributed by atoms with van der Waals surface area (Å²) in [7, 11) is 0. The zero-order valence-corrected chi connectivity index (χ0v) is 9.65. The average molecular weight is 207 g/mol. The fraction of sp³-hybridized carbons (Fsp3) is 0.500. The molecule has 1 heterocycles. The van der Waals surface area contributed by atoms with Gasteiger partial charge in [0.05, 0.1) is 6.10 Å². The lowest BCUT2D eigenvalue weighted by atomic mass is 10.1. The van der Waals surface area contributed by atoms with Gasteiger partial charge in [-0.3, -0.25) is 4.79 Å². The standard InChI is InChI=1S/C12H17NO2/c1-8(2)10(4)15-12-7-11(9(3)14)5-6-13-12/h5-8,10H,1-4H3. The van der Waals surface area contributed by atoms with Crippen LogP contribution in [0.1, 0.15) is 38.1 Å². The lowest BCUT2D eigenvalue weighted by Gasteiger charge is -2.17. The Hall–Kier alpha value is -1.38. The number of ketones is 1. The first-order chi connectivity index (χ1) is 7.00. The largest absolute Gasteiger partial charge is 0.474 e. The smallest absolute Gasteiger partial charge is 0.214 e. The van der Waals surface area contributed by atoms with Crippen molar-refractivity contribution in [3.8, 4) is 5.88 Å². The molecule has 0 N–H and O–H groups in total. The fourth-order valence-corrected chi connectivity index (χ4v) is 1.02. The van der Waals surface area contributed by atoms with E-state index in [1.165, 1.54) is 6.92 Å². The van der Waals surface area contributed by atoms with Crippen molar-refractivity contribution in [2.45, 2.75) is 33.8 Å². The van der Waals surface area contributed by atoms with E-state index in [-0.39, 0.29) is 11.9 Å². The number of rotatable bonds is 4. The van der Waals surface area contributed by atoms with Gasteiger partial charge in [0, 0.05) is 17.8 Å². The van der Waals surface area contributed by atoms with Gasteiger partial charge in [-0.05, 0) is 25.8 Å². The summed E-state index contributed by atoms with van der Waals surface area (Å²) < 4.78 is 5.60. The maximum Gasteiger partial charge on any atom is 0.214 e. The Morgan fingerprint density at radius 3 is 2.60 bits per heavy atom. The predicted molar refractivity (Wildman–Crippen MR) is 59.2 cm³/mol. The van der Waals surface area contributed by atoms with Crippen molar-refractivity contribution in [1.29, 1.82) is 0 Å². The summed E-state index contributed by atoms with van der Waals surface area (Å²) in [5, 5.41) is 0. The molecule has 15 heavy (non-hydrogen) atoms. The Bertz CT molecular complexity index is 347. The van der Waals surface area contributed by atoms with Gasteiger partial charge in [-0.2, -0.15) is 0 Å². The van der Waals surface area contributed by atoms with Crippen molar-refractivity contribution in [2.75, 3.05) is 0 Å². The number of aromatic nitrogens is 1. The van der Waals surface area contributed by atoms with Crippen LogP contribution in [-0.2, 0) is 0 Å². The van der Waals surface area contributed by atoms with Crippen molar-refractivity contribution < 1.29 is 9.53 Å². The van der Waals surface area contributed by atoms with Crippen LogP contribution in [0, 0.1) is 5.92 Å². The first-order valence-corrected chi connectivity index (χ1v) is 5.14. The third-order valence-corrected chi connectivity index (χ3v) is 2.39. The van der Waals surface area contributed by atoms with Crippen LogP contribution in [0.4, 0.5) is 0 Å². The molecule has 0 saturated carbocycles. The van der Waals surface area contributed by atoms with Crippen LogP contribution in [0.5, 0.6) is 5.88 Å². The quantitative estimate of drug-likeness (QED) is 0.712. The fourth-order valence-electron chi connectivity index (χ4n) is 1.02. The zero-order chi connectivity index (χ0) is 11.4. The minimum Gasteiger partial charge on any atom is -0.474 e. The zero-order valence-electron chi connectivity index (χ0n) is 9.65. The Morgan fingerprint density at radius 2 is 2.07 bits per heavy atom. The van der Waals surface area contributed by atoms with E-state index in [0.717, 1.165) is 0 Å². The van der Waals surface area contributed by atoms with E-state index in [9.17, 15) is 4.79 Å². The van der Waals surface area contributed by atoms with Gasteiger partial charge in [0.15, 0.2) is 5.78 Å². The normalized spacial score (nSPS) is 12.6. The second kappa shape index (κ2) is 4.91.